The van der Waals surface area contributed by atoms with Gasteiger partial charge in [0.1, 0.15) is 30.5 Å². The molecule has 69 heavy (non-hydrogen) atoms. The van der Waals surface area contributed by atoms with Crippen molar-refractivity contribution in [2.75, 3.05) is 24.5 Å². The zero-order valence-electron chi connectivity index (χ0n) is 37.9. The van der Waals surface area contributed by atoms with Gasteiger partial charge in [-0.05, 0) is 103 Å². The van der Waals surface area contributed by atoms with Crippen LogP contribution in [0, 0.1) is 23.1 Å². The molecule has 0 bridgehead atoms. The smallest absolute Gasteiger partial charge is 0.355 e. The maximum absolute atomic E-state index is 14.5. The summed E-state index contributed by atoms with van der Waals surface area (Å²) in [4.78, 5) is 116. The average Bonchev–Trinajstić information content (AvgIpc) is 4.04. The lowest BCUT2D eigenvalue weighted by Gasteiger charge is -2.36. The number of unbranched alkanes of at least 4 members (excludes halogenated alkanes) is 2. The largest absolute Gasteiger partial charge is 0.399 e. The third kappa shape index (κ3) is 11.1. The van der Waals surface area contributed by atoms with Crippen LogP contribution in [-0.2, 0) is 40.7 Å². The van der Waals surface area contributed by atoms with Gasteiger partial charge >= 0.3 is 13.3 Å². The van der Waals surface area contributed by atoms with Crippen molar-refractivity contribution in [1.29, 1.82) is 0 Å². The lowest BCUT2D eigenvalue weighted by molar-refractivity contribution is -0.141. The number of amides is 7. The van der Waals surface area contributed by atoms with Crippen molar-refractivity contribution in [1.82, 2.24) is 25.8 Å². The minimum Gasteiger partial charge on any atom is -0.355 e. The highest BCUT2D eigenvalue weighted by Crippen LogP contribution is 2.59. The Bertz CT molecular complexity index is 2830. The number of rotatable bonds is 14. The Morgan fingerprint density at radius 2 is 1.74 bits per heavy atom. The molecule has 4 heterocycles. The van der Waals surface area contributed by atoms with Crippen LogP contribution in [0.3, 0.4) is 0 Å². The summed E-state index contributed by atoms with van der Waals surface area (Å²) >= 11 is 0.925. The molecule has 21 heteroatoms. The molecular formula is C48H50F3N6O10PS. The molecule has 0 spiro atoms. The Hall–Kier alpha value is -6.39. The number of carbonyl (C=O) groups is 7. The minimum absolute atomic E-state index is 0.0366. The van der Waals surface area contributed by atoms with E-state index in [-0.39, 0.29) is 66.7 Å². The van der Waals surface area contributed by atoms with Crippen LogP contribution in [0.1, 0.15) is 102 Å². The molecule has 7 amide bonds. The van der Waals surface area contributed by atoms with Crippen LogP contribution in [-0.4, -0.2) is 98.7 Å². The zero-order valence-corrected chi connectivity index (χ0v) is 39.6. The number of likely N-dealkylation sites (tertiary alicyclic amines) is 1. The van der Waals surface area contributed by atoms with Crippen molar-refractivity contribution >= 4 is 76.1 Å². The first-order chi connectivity index (χ1) is 32.5. The fourth-order valence-electron chi connectivity index (χ4n) is 8.54. The molecule has 16 nitrogen and oxygen atoms in total. The third-order valence-corrected chi connectivity index (χ3v) is 14.3. The zero-order chi connectivity index (χ0) is 50.0. The number of carbonyl (C=O) groups excluding carboxylic acids is 7. The SMILES string of the molecule is CC(C)(C)C(NC(=O)c1cc2cc(C(F)(F)P(=O)(O)O)ccc2s1)C(=O)N1CCC[C@H]1C(=O)N(CC(=O)NCCCCC#Cc1cccc2c1CN(C1CCC(=O)NC1=O)C2=O)c1ccc(F)cc1. The molecule has 3 aliphatic heterocycles. The lowest BCUT2D eigenvalue weighted by atomic mass is 9.85. The van der Waals surface area contributed by atoms with Crippen molar-refractivity contribution in [3.8, 4) is 11.8 Å². The number of hydrogen-bond acceptors (Lipinski definition) is 9. The number of fused-ring (bicyclic) bond motifs is 2. The Morgan fingerprint density at radius 3 is 2.43 bits per heavy atom. The maximum Gasteiger partial charge on any atom is 0.399 e. The van der Waals surface area contributed by atoms with Gasteiger partial charge in [-0.25, -0.2) is 4.39 Å². The van der Waals surface area contributed by atoms with Gasteiger partial charge in [0.05, 0.1) is 4.88 Å². The highest BCUT2D eigenvalue weighted by molar-refractivity contribution is 7.52. The second-order valence-corrected chi connectivity index (χ2v) is 20.9. The van der Waals surface area contributed by atoms with Crippen LogP contribution in [0.25, 0.3) is 10.1 Å². The van der Waals surface area contributed by atoms with Gasteiger partial charge in [-0.2, -0.15) is 8.78 Å². The molecule has 4 aromatic rings. The number of hydrogen-bond donors (Lipinski definition) is 5. The van der Waals surface area contributed by atoms with Crippen molar-refractivity contribution in [3.05, 3.63) is 99.7 Å². The monoisotopic (exact) mass is 990 g/mol. The van der Waals surface area contributed by atoms with Crippen LogP contribution < -0.4 is 20.9 Å². The van der Waals surface area contributed by atoms with E-state index < -0.39 is 84.3 Å². The predicted molar refractivity (Wildman–Crippen MR) is 248 cm³/mol. The maximum atomic E-state index is 14.5. The van der Waals surface area contributed by atoms with E-state index >= 15 is 0 Å². The van der Waals surface area contributed by atoms with Gasteiger partial charge in [0.25, 0.3) is 11.8 Å². The molecule has 7 rings (SSSR count). The molecular weight excluding hydrogens is 941 g/mol. The quantitative estimate of drug-likeness (QED) is 0.0460. The molecule has 5 N–H and O–H groups in total. The number of nitrogens with one attached hydrogen (secondary N) is 3. The van der Waals surface area contributed by atoms with Crippen molar-refractivity contribution in [3.63, 3.8) is 0 Å². The van der Waals surface area contributed by atoms with Gasteiger partial charge in [-0.1, -0.05) is 44.7 Å². The predicted octanol–water partition coefficient (Wildman–Crippen LogP) is 5.54. The van der Waals surface area contributed by atoms with E-state index in [0.29, 0.717) is 47.1 Å². The summed E-state index contributed by atoms with van der Waals surface area (Å²) in [5.41, 5.74) is -4.26. The molecule has 1 aromatic heterocycles. The van der Waals surface area contributed by atoms with E-state index in [0.717, 1.165) is 35.6 Å². The molecule has 2 fully saturated rings. The summed E-state index contributed by atoms with van der Waals surface area (Å²) in [6.45, 7) is 5.26. The summed E-state index contributed by atoms with van der Waals surface area (Å²) < 4.78 is 54.9. The van der Waals surface area contributed by atoms with Gasteiger partial charge in [0, 0.05) is 59.6 Å². The summed E-state index contributed by atoms with van der Waals surface area (Å²) in [6.07, 6.45) is 2.62. The van der Waals surface area contributed by atoms with E-state index in [1.807, 2.05) is 0 Å². The van der Waals surface area contributed by atoms with E-state index in [1.165, 1.54) is 39.0 Å². The Morgan fingerprint density at radius 1 is 1.00 bits per heavy atom. The van der Waals surface area contributed by atoms with E-state index in [1.54, 1.807) is 39.0 Å². The first-order valence-electron chi connectivity index (χ1n) is 22.2. The van der Waals surface area contributed by atoms with E-state index in [2.05, 4.69) is 27.8 Å². The fourth-order valence-corrected chi connectivity index (χ4v) is 9.96. The second kappa shape index (κ2) is 20.3. The van der Waals surface area contributed by atoms with E-state index in [9.17, 15) is 61.1 Å². The Balaban J connectivity index is 0.966. The van der Waals surface area contributed by atoms with Crippen molar-refractivity contribution in [2.45, 2.75) is 96.1 Å². The van der Waals surface area contributed by atoms with E-state index in [4.69, 9.17) is 0 Å². The molecule has 2 saturated heterocycles. The number of nitrogens with zero attached hydrogens (tertiary/aromatic N) is 3. The minimum atomic E-state index is -5.85. The number of anilines is 1. The number of thiophene rings is 1. The highest BCUT2D eigenvalue weighted by atomic mass is 32.1. The summed E-state index contributed by atoms with van der Waals surface area (Å²) in [7, 11) is -5.85. The molecule has 3 aromatic carbocycles. The summed E-state index contributed by atoms with van der Waals surface area (Å²) in [6, 6.07) is 11.5. The number of alkyl halides is 2. The van der Waals surface area contributed by atoms with Gasteiger partial charge in [-0.3, -0.25) is 43.4 Å². The molecule has 364 valence electrons. The van der Waals surface area contributed by atoms with Crippen LogP contribution in [0.2, 0.25) is 0 Å². The molecule has 0 aliphatic carbocycles. The molecule has 0 saturated carbocycles. The lowest BCUT2D eigenvalue weighted by Crippen LogP contribution is -2.58. The number of halogens is 3. The van der Waals surface area contributed by atoms with Gasteiger partial charge in [-0.15, -0.1) is 11.3 Å². The number of imide groups is 1. The standard InChI is InChI=1S/C48H50F3N6O10PS/c1-47(2,3)41(54-43(61)38-25-29-24-30(14-20-37(29)69-38)48(50,51)68(65,66)67)46(64)55-23-9-13-36(55)45(63)56(32-17-15-31(49)16-18-32)27-40(59)52-22-7-5-4-6-10-28-11-8-12-33-34(28)26-57(44(33)62)35-19-21-39(58)53-42(35)60/h8,11-12,14-18,20,24-25,35-36,41H,4-5,7,9,13,19,21-23,26-27H2,1-3H3,(H,52,59)(H,54,61)(H,53,58,60)(H2,65,66,67)/t35?,36-,41?/m0/s1. The highest BCUT2D eigenvalue weighted by Gasteiger charge is 2.50. The summed E-state index contributed by atoms with van der Waals surface area (Å²) in [5, 5.41) is 7.99. The normalized spacial score (nSPS) is 17.8. The number of benzene rings is 3. The van der Waals surface area contributed by atoms with Gasteiger partial charge < -0.3 is 35.1 Å². The average molecular weight is 991 g/mol. The summed E-state index contributed by atoms with van der Waals surface area (Å²) in [5.74, 6) is 2.09. The van der Waals surface area contributed by atoms with Gasteiger partial charge in [0.15, 0.2) is 0 Å². The van der Waals surface area contributed by atoms with Gasteiger partial charge in [0.2, 0.25) is 29.5 Å². The number of piperidine rings is 1. The first kappa shape index (κ1) is 50.5. The van der Waals surface area contributed by atoms with Crippen LogP contribution in [0.4, 0.5) is 18.9 Å². The first-order valence-corrected chi connectivity index (χ1v) is 24.7. The molecule has 3 aliphatic rings. The van der Waals surface area contributed by atoms with Crippen LogP contribution >= 0.6 is 18.9 Å². The third-order valence-electron chi connectivity index (χ3n) is 12.2. The Labute approximate surface area is 399 Å². The topological polar surface area (TPSA) is 223 Å². The molecule has 0 radical (unpaired) electrons. The van der Waals surface area contributed by atoms with Crippen molar-refractivity contribution < 1.29 is 61.1 Å². The Kier molecular flexibility index (Phi) is 14.8. The molecule has 2 unspecified atom stereocenters. The second-order valence-electron chi connectivity index (χ2n) is 18.2. The van der Waals surface area contributed by atoms with Crippen molar-refractivity contribution in [2.24, 2.45) is 5.41 Å². The van der Waals surface area contributed by atoms with Crippen LogP contribution in [0.5, 0.6) is 0 Å². The fraction of sp³-hybridized carbons (Fsp3) is 0.396. The molecule has 3 atom stereocenters. The van der Waals surface area contributed by atoms with Crippen LogP contribution in [0.15, 0.2) is 66.7 Å².